The van der Waals surface area contributed by atoms with Crippen LogP contribution in [0, 0.1) is 0 Å². The molecule has 0 saturated carbocycles. The van der Waals surface area contributed by atoms with Gasteiger partial charge in [0.2, 0.25) is 11.8 Å². The van der Waals surface area contributed by atoms with Crippen LogP contribution in [0.15, 0.2) is 78.9 Å². The molecule has 0 heterocycles. The summed E-state index contributed by atoms with van der Waals surface area (Å²) in [6.07, 6.45) is 1.34. The quantitative estimate of drug-likeness (QED) is 0.369. The molecule has 0 aromatic heterocycles. The predicted molar refractivity (Wildman–Crippen MR) is 139 cm³/mol. The van der Waals surface area contributed by atoms with Crippen molar-refractivity contribution in [1.82, 2.24) is 10.2 Å². The average molecular weight is 497 g/mol. The number of benzene rings is 3. The maximum atomic E-state index is 13.7. The Morgan fingerprint density at radius 3 is 2.06 bits per heavy atom. The average Bonchev–Trinajstić information content (AvgIpc) is 2.84. The summed E-state index contributed by atoms with van der Waals surface area (Å²) in [4.78, 5) is 28.8. The molecule has 3 aromatic carbocycles. The van der Waals surface area contributed by atoms with Crippen LogP contribution in [0.1, 0.15) is 37.0 Å². The Morgan fingerprint density at radius 2 is 1.47 bits per heavy atom. The van der Waals surface area contributed by atoms with Crippen LogP contribution in [-0.4, -0.2) is 28.8 Å². The molecular weight excluding hydrogens is 467 g/mol. The van der Waals surface area contributed by atoms with Crippen molar-refractivity contribution < 1.29 is 9.59 Å². The van der Waals surface area contributed by atoms with E-state index in [1.165, 1.54) is 0 Å². The molecule has 0 bridgehead atoms. The first-order chi connectivity index (χ1) is 16.4. The maximum absolute atomic E-state index is 13.7. The normalized spacial score (nSPS) is 12.6. The molecule has 0 radical (unpaired) electrons. The Bertz CT molecular complexity index is 1090. The zero-order valence-corrected chi connectivity index (χ0v) is 21.0. The van der Waals surface area contributed by atoms with Gasteiger partial charge in [-0.25, -0.2) is 0 Å². The van der Waals surface area contributed by atoms with E-state index in [9.17, 15) is 9.59 Å². The van der Waals surface area contributed by atoms with Gasteiger partial charge in [-0.1, -0.05) is 96.9 Å². The zero-order chi connectivity index (χ0) is 24.5. The van der Waals surface area contributed by atoms with Crippen molar-refractivity contribution in [3.05, 3.63) is 106 Å². The highest BCUT2D eigenvalue weighted by Gasteiger charge is 2.31. The van der Waals surface area contributed by atoms with E-state index in [4.69, 9.17) is 23.2 Å². The number of halogens is 2. The van der Waals surface area contributed by atoms with E-state index in [0.29, 0.717) is 23.0 Å². The molecule has 34 heavy (non-hydrogen) atoms. The highest BCUT2D eigenvalue weighted by molar-refractivity contribution is 6.42. The van der Waals surface area contributed by atoms with Gasteiger partial charge in [-0.2, -0.15) is 0 Å². The smallest absolute Gasteiger partial charge is 0.243 e. The third-order valence-corrected chi connectivity index (χ3v) is 6.55. The van der Waals surface area contributed by atoms with Crippen LogP contribution in [0.4, 0.5) is 0 Å². The van der Waals surface area contributed by atoms with Crippen molar-refractivity contribution in [1.29, 1.82) is 0 Å². The van der Waals surface area contributed by atoms with Crippen LogP contribution >= 0.6 is 23.2 Å². The number of hydrogen-bond acceptors (Lipinski definition) is 2. The summed E-state index contributed by atoms with van der Waals surface area (Å²) < 4.78 is 0. The molecular formula is C28H30Cl2N2O2. The van der Waals surface area contributed by atoms with Crippen LogP contribution < -0.4 is 5.32 Å². The molecule has 0 aliphatic carbocycles. The Morgan fingerprint density at radius 1 is 0.853 bits per heavy atom. The Balaban J connectivity index is 1.96. The van der Waals surface area contributed by atoms with Gasteiger partial charge in [-0.15, -0.1) is 0 Å². The van der Waals surface area contributed by atoms with Crippen molar-refractivity contribution in [3.63, 3.8) is 0 Å². The monoisotopic (exact) mass is 496 g/mol. The van der Waals surface area contributed by atoms with E-state index >= 15 is 0 Å². The minimum atomic E-state index is -0.660. The first kappa shape index (κ1) is 25.8. The van der Waals surface area contributed by atoms with E-state index in [2.05, 4.69) is 5.32 Å². The molecule has 2 amide bonds. The molecule has 178 valence electrons. The molecule has 2 atom stereocenters. The van der Waals surface area contributed by atoms with Crippen LogP contribution in [0.3, 0.4) is 0 Å². The Hall–Kier alpha value is -2.82. The van der Waals surface area contributed by atoms with Crippen molar-refractivity contribution in [2.75, 3.05) is 0 Å². The van der Waals surface area contributed by atoms with Gasteiger partial charge in [0.25, 0.3) is 0 Å². The van der Waals surface area contributed by atoms with Crippen molar-refractivity contribution in [2.24, 2.45) is 0 Å². The minimum absolute atomic E-state index is 0.00882. The summed E-state index contributed by atoms with van der Waals surface area (Å²) >= 11 is 12.2. The van der Waals surface area contributed by atoms with E-state index in [-0.39, 0.29) is 24.3 Å². The van der Waals surface area contributed by atoms with Gasteiger partial charge in [0.1, 0.15) is 6.04 Å². The van der Waals surface area contributed by atoms with Crippen molar-refractivity contribution in [2.45, 2.75) is 51.7 Å². The second-order valence-corrected chi connectivity index (χ2v) is 9.27. The van der Waals surface area contributed by atoms with E-state index in [1.54, 1.807) is 23.1 Å². The largest absolute Gasteiger partial charge is 0.352 e. The lowest BCUT2D eigenvalue weighted by Crippen LogP contribution is -2.52. The summed E-state index contributed by atoms with van der Waals surface area (Å²) in [5.41, 5.74) is 2.70. The van der Waals surface area contributed by atoms with Gasteiger partial charge in [0.05, 0.1) is 16.5 Å². The third kappa shape index (κ3) is 7.34. The van der Waals surface area contributed by atoms with Crippen molar-refractivity contribution in [3.8, 4) is 0 Å². The Labute approximate surface area is 211 Å². The van der Waals surface area contributed by atoms with Gasteiger partial charge >= 0.3 is 0 Å². The minimum Gasteiger partial charge on any atom is -0.352 e. The molecule has 0 unspecified atom stereocenters. The van der Waals surface area contributed by atoms with Crippen LogP contribution in [0.2, 0.25) is 10.0 Å². The first-order valence-electron chi connectivity index (χ1n) is 11.5. The van der Waals surface area contributed by atoms with Crippen LogP contribution in [-0.2, 0) is 29.0 Å². The lowest BCUT2D eigenvalue weighted by atomic mass is 10.0. The fraction of sp³-hybridized carbons (Fsp3) is 0.286. The lowest BCUT2D eigenvalue weighted by Gasteiger charge is -2.32. The SMILES string of the molecule is CC[C@H](C)NC(=O)[C@H](Cc1ccccc1)N(Cc1ccccc1)C(=O)Cc1ccc(Cl)c(Cl)c1. The highest BCUT2D eigenvalue weighted by Crippen LogP contribution is 2.24. The van der Waals surface area contributed by atoms with E-state index in [1.807, 2.05) is 74.5 Å². The fourth-order valence-corrected chi connectivity index (χ4v) is 4.02. The third-order valence-electron chi connectivity index (χ3n) is 5.81. The zero-order valence-electron chi connectivity index (χ0n) is 19.5. The van der Waals surface area contributed by atoms with Crippen LogP contribution in [0.5, 0.6) is 0 Å². The molecule has 0 aliphatic heterocycles. The highest BCUT2D eigenvalue weighted by atomic mass is 35.5. The molecule has 6 heteroatoms. The molecule has 0 spiro atoms. The van der Waals surface area contributed by atoms with Gasteiger partial charge in [0, 0.05) is 19.0 Å². The van der Waals surface area contributed by atoms with Gasteiger partial charge in [-0.3, -0.25) is 9.59 Å². The van der Waals surface area contributed by atoms with Crippen LogP contribution in [0.25, 0.3) is 0 Å². The number of rotatable bonds is 10. The topological polar surface area (TPSA) is 49.4 Å². The second-order valence-electron chi connectivity index (χ2n) is 8.46. The number of nitrogens with one attached hydrogen (secondary N) is 1. The lowest BCUT2D eigenvalue weighted by molar-refractivity contribution is -0.141. The summed E-state index contributed by atoms with van der Waals surface area (Å²) in [5.74, 6) is -0.306. The number of amides is 2. The van der Waals surface area contributed by atoms with Gasteiger partial charge in [-0.05, 0) is 42.2 Å². The van der Waals surface area contributed by atoms with E-state index in [0.717, 1.165) is 23.1 Å². The molecule has 0 fully saturated rings. The van der Waals surface area contributed by atoms with Gasteiger partial charge in [0.15, 0.2) is 0 Å². The summed E-state index contributed by atoms with van der Waals surface area (Å²) in [6.45, 7) is 4.32. The maximum Gasteiger partial charge on any atom is 0.243 e. The molecule has 0 aliphatic rings. The molecule has 3 rings (SSSR count). The summed E-state index contributed by atoms with van der Waals surface area (Å²) in [5, 5.41) is 3.92. The number of carbonyl (C=O) groups is 2. The fourth-order valence-electron chi connectivity index (χ4n) is 3.70. The first-order valence-corrected chi connectivity index (χ1v) is 12.2. The van der Waals surface area contributed by atoms with Gasteiger partial charge < -0.3 is 10.2 Å². The predicted octanol–water partition coefficient (Wildman–Crippen LogP) is 6.09. The molecule has 3 aromatic rings. The number of carbonyl (C=O) groups excluding carboxylic acids is 2. The molecule has 1 N–H and O–H groups in total. The summed E-state index contributed by atoms with van der Waals surface area (Å²) in [6, 6.07) is 24.0. The second kappa shape index (κ2) is 12.6. The van der Waals surface area contributed by atoms with Crippen molar-refractivity contribution >= 4 is 35.0 Å². The molecule has 0 saturated heterocycles. The summed E-state index contributed by atoms with van der Waals surface area (Å²) in [7, 11) is 0. The standard InChI is InChI=1S/C28H30Cl2N2O2/c1-3-20(2)31-28(34)26(17-21-10-6-4-7-11-21)32(19-22-12-8-5-9-13-22)27(33)18-23-14-15-24(29)25(30)16-23/h4-16,20,26H,3,17-19H2,1-2H3,(H,31,34)/t20-,26-/m0/s1. The van der Waals surface area contributed by atoms with E-state index < -0.39 is 6.04 Å². The molecule has 4 nitrogen and oxygen atoms in total. The number of hydrogen-bond donors (Lipinski definition) is 1. The Kier molecular flexibility index (Phi) is 9.55. The number of nitrogens with zero attached hydrogens (tertiary/aromatic N) is 1.